The number of aryl methyl sites for hydroxylation is 2. The lowest BCUT2D eigenvalue weighted by Gasteiger charge is -1.95. The minimum absolute atomic E-state index is 0.0666. The van der Waals surface area contributed by atoms with Gasteiger partial charge in [-0.3, -0.25) is 9.35 Å². The van der Waals surface area contributed by atoms with Crippen LogP contribution in [0.1, 0.15) is 15.9 Å². The Kier molecular flexibility index (Phi) is 5.57. The lowest BCUT2D eigenvalue weighted by Crippen LogP contribution is -2.27. The van der Waals surface area contributed by atoms with Gasteiger partial charge in [-0.15, -0.1) is 0 Å². The molecule has 0 unspecified atom stereocenters. The van der Waals surface area contributed by atoms with E-state index in [-0.39, 0.29) is 10.8 Å². The maximum Gasteiger partial charge on any atom is 0.294 e. The van der Waals surface area contributed by atoms with Crippen LogP contribution in [-0.4, -0.2) is 18.9 Å². The fourth-order valence-corrected chi connectivity index (χ4v) is 1.86. The lowest BCUT2D eigenvalue weighted by atomic mass is 10.2. The van der Waals surface area contributed by atoms with Crippen LogP contribution < -0.4 is 10.3 Å². The Morgan fingerprint density at radius 1 is 1.10 bits per heavy atom. The van der Waals surface area contributed by atoms with E-state index in [4.69, 9.17) is 10.3 Å². The van der Waals surface area contributed by atoms with Crippen LogP contribution in [-0.2, 0) is 17.2 Å². The Morgan fingerprint density at radius 3 is 1.95 bits per heavy atom. The summed E-state index contributed by atoms with van der Waals surface area (Å²) in [5.41, 5.74) is 6.51. The van der Waals surface area contributed by atoms with E-state index in [9.17, 15) is 13.2 Å². The summed E-state index contributed by atoms with van der Waals surface area (Å²) in [5.74, 6) is -0.388. The molecule has 6 nitrogen and oxygen atoms in total. The smallest absolute Gasteiger partial charge is 0.294 e. The highest BCUT2D eigenvalue weighted by molar-refractivity contribution is 7.85. The maximum atomic E-state index is 10.5. The molecule has 0 spiro atoms. The Bertz CT molecular complexity index is 708. The Balaban J connectivity index is 0.000000211. The molecule has 0 aliphatic rings. The lowest BCUT2D eigenvalue weighted by molar-refractivity contribution is -0.671. The van der Waals surface area contributed by atoms with Crippen LogP contribution in [0.4, 0.5) is 0 Å². The number of hydrogen-bond acceptors (Lipinski definition) is 3. The molecule has 0 atom stereocenters. The molecule has 0 aliphatic carbocycles. The standard InChI is InChI=1S/C7H8N2O.C7H8O3S/c1-9-4-2-6(3-5-9)7(8)10;1-6-2-4-7(5-3-6)11(8,9)10/h2-5H,1H3,(H-,8,10);2-5H,1H3,(H,8,9,10)/p+1. The number of aromatic nitrogens is 1. The average molecular weight is 309 g/mol. The zero-order valence-corrected chi connectivity index (χ0v) is 12.5. The number of rotatable bonds is 2. The molecule has 0 fully saturated rings. The van der Waals surface area contributed by atoms with Gasteiger partial charge in [-0.2, -0.15) is 8.42 Å². The summed E-state index contributed by atoms with van der Waals surface area (Å²) >= 11 is 0. The summed E-state index contributed by atoms with van der Waals surface area (Å²) in [4.78, 5) is 10.5. The van der Waals surface area contributed by atoms with Crippen molar-refractivity contribution in [3.8, 4) is 0 Å². The zero-order chi connectivity index (χ0) is 16.0. The molecule has 2 rings (SSSR count). The van der Waals surface area contributed by atoms with E-state index in [1.165, 1.54) is 12.1 Å². The number of nitrogens with two attached hydrogens (primary N) is 1. The number of pyridine rings is 1. The molecule has 1 amide bonds. The third-order valence-electron chi connectivity index (χ3n) is 2.58. The molecule has 0 bridgehead atoms. The van der Waals surface area contributed by atoms with Crippen molar-refractivity contribution < 1.29 is 22.3 Å². The van der Waals surface area contributed by atoms with Crippen molar-refractivity contribution in [3.05, 3.63) is 59.9 Å². The number of amides is 1. The molecule has 7 heteroatoms. The number of primary amides is 1. The van der Waals surface area contributed by atoms with E-state index in [1.54, 1.807) is 36.7 Å². The van der Waals surface area contributed by atoms with Crippen LogP contribution in [0.5, 0.6) is 0 Å². The predicted molar refractivity (Wildman–Crippen MR) is 77.1 cm³/mol. The average Bonchev–Trinajstić information content (AvgIpc) is 2.39. The molecule has 1 aromatic heterocycles. The van der Waals surface area contributed by atoms with Crippen molar-refractivity contribution in [2.75, 3.05) is 0 Å². The maximum absolute atomic E-state index is 10.5. The van der Waals surface area contributed by atoms with Crippen LogP contribution in [0.3, 0.4) is 0 Å². The first-order valence-electron chi connectivity index (χ1n) is 5.99. The van der Waals surface area contributed by atoms with Gasteiger partial charge >= 0.3 is 0 Å². The van der Waals surface area contributed by atoms with Gasteiger partial charge in [0.2, 0.25) is 5.91 Å². The Morgan fingerprint density at radius 2 is 1.57 bits per heavy atom. The third-order valence-corrected chi connectivity index (χ3v) is 3.45. The molecule has 1 heterocycles. The third kappa shape index (κ3) is 5.72. The number of carbonyl (C=O) groups excluding carboxylic acids is 1. The minimum atomic E-state index is -4.02. The Labute approximate surface area is 123 Å². The molecule has 0 saturated heterocycles. The van der Waals surface area contributed by atoms with Crippen LogP contribution in [0, 0.1) is 6.92 Å². The van der Waals surface area contributed by atoms with Crippen molar-refractivity contribution in [1.82, 2.24) is 0 Å². The summed E-state index contributed by atoms with van der Waals surface area (Å²) in [6, 6.07) is 9.35. The number of nitrogens with zero attached hydrogens (tertiary/aromatic N) is 1. The fraction of sp³-hybridized carbons (Fsp3) is 0.143. The van der Waals surface area contributed by atoms with Crippen molar-refractivity contribution in [1.29, 1.82) is 0 Å². The van der Waals surface area contributed by atoms with E-state index in [0.717, 1.165) is 5.56 Å². The van der Waals surface area contributed by atoms with Gasteiger partial charge in [0.1, 0.15) is 7.05 Å². The van der Waals surface area contributed by atoms with Gasteiger partial charge in [0.25, 0.3) is 10.1 Å². The summed E-state index contributed by atoms with van der Waals surface area (Å²) in [6.07, 6.45) is 3.56. The van der Waals surface area contributed by atoms with E-state index in [0.29, 0.717) is 5.56 Å². The van der Waals surface area contributed by atoms with Gasteiger partial charge in [-0.05, 0) is 19.1 Å². The largest absolute Gasteiger partial charge is 0.366 e. The molecule has 2 aromatic rings. The highest BCUT2D eigenvalue weighted by Gasteiger charge is 2.06. The van der Waals surface area contributed by atoms with Crippen LogP contribution >= 0.6 is 0 Å². The van der Waals surface area contributed by atoms with Gasteiger partial charge in [-0.25, -0.2) is 4.57 Å². The summed E-state index contributed by atoms with van der Waals surface area (Å²) in [5, 5.41) is 0. The van der Waals surface area contributed by atoms with E-state index >= 15 is 0 Å². The minimum Gasteiger partial charge on any atom is -0.366 e. The molecule has 21 heavy (non-hydrogen) atoms. The van der Waals surface area contributed by atoms with Crippen LogP contribution in [0.15, 0.2) is 53.7 Å². The summed E-state index contributed by atoms with van der Waals surface area (Å²) in [6.45, 7) is 1.84. The predicted octanol–water partition coefficient (Wildman–Crippen LogP) is 0.852. The quantitative estimate of drug-likeness (QED) is 0.634. The fourth-order valence-electron chi connectivity index (χ4n) is 1.38. The first-order chi connectivity index (χ1) is 9.70. The van der Waals surface area contributed by atoms with E-state index in [1.807, 2.05) is 18.5 Å². The van der Waals surface area contributed by atoms with Crippen molar-refractivity contribution in [2.45, 2.75) is 11.8 Å². The molecule has 0 radical (unpaired) electrons. The molecule has 112 valence electrons. The van der Waals surface area contributed by atoms with Crippen molar-refractivity contribution >= 4 is 16.0 Å². The van der Waals surface area contributed by atoms with Gasteiger partial charge in [0, 0.05) is 12.1 Å². The molecule has 3 N–H and O–H groups in total. The first-order valence-corrected chi connectivity index (χ1v) is 7.43. The number of carbonyl (C=O) groups is 1. The van der Waals surface area contributed by atoms with E-state index < -0.39 is 10.1 Å². The monoisotopic (exact) mass is 309 g/mol. The topological polar surface area (TPSA) is 101 Å². The highest BCUT2D eigenvalue weighted by Crippen LogP contribution is 2.08. The van der Waals surface area contributed by atoms with Gasteiger partial charge in [0.05, 0.1) is 10.5 Å². The van der Waals surface area contributed by atoms with Gasteiger partial charge in [0.15, 0.2) is 12.4 Å². The number of benzene rings is 1. The molecule has 1 aromatic carbocycles. The first kappa shape index (κ1) is 16.8. The molecular weight excluding hydrogens is 292 g/mol. The van der Waals surface area contributed by atoms with Crippen LogP contribution in [0.25, 0.3) is 0 Å². The number of hydrogen-bond donors (Lipinski definition) is 2. The van der Waals surface area contributed by atoms with Crippen molar-refractivity contribution in [3.63, 3.8) is 0 Å². The molecular formula is C14H17N2O4S+. The second-order valence-electron chi connectivity index (χ2n) is 4.40. The second kappa shape index (κ2) is 6.96. The highest BCUT2D eigenvalue weighted by atomic mass is 32.2. The summed E-state index contributed by atoms with van der Waals surface area (Å²) in [7, 11) is -2.14. The second-order valence-corrected chi connectivity index (χ2v) is 5.83. The normalized spacial score (nSPS) is 10.4. The molecule has 0 aliphatic heterocycles. The Hall–Kier alpha value is -2.25. The van der Waals surface area contributed by atoms with Gasteiger partial charge < -0.3 is 5.73 Å². The zero-order valence-electron chi connectivity index (χ0n) is 11.7. The van der Waals surface area contributed by atoms with Crippen LogP contribution in [0.2, 0.25) is 0 Å². The van der Waals surface area contributed by atoms with E-state index in [2.05, 4.69) is 0 Å². The van der Waals surface area contributed by atoms with Crippen molar-refractivity contribution in [2.24, 2.45) is 12.8 Å². The molecule has 0 saturated carbocycles. The SMILES string of the molecule is C[n+]1ccc(C(N)=O)cc1.Cc1ccc(S(=O)(=O)O)cc1. The van der Waals surface area contributed by atoms with Gasteiger partial charge in [-0.1, -0.05) is 17.7 Å². The summed E-state index contributed by atoms with van der Waals surface area (Å²) < 4.78 is 31.4.